The monoisotopic (exact) mass is 1860 g/mol. The minimum Gasteiger partial charge on any atom is -0.309 e. The zero-order valence-corrected chi connectivity index (χ0v) is 79.1. The quantitative estimate of drug-likeness (QED) is 0.138. The van der Waals surface area contributed by atoms with Crippen molar-refractivity contribution >= 4 is 247 Å². The fraction of sp³-hybridized carbons (Fsp3) is 0. The third-order valence-corrected chi connectivity index (χ3v) is 33.3. The molecule has 0 spiro atoms. The van der Waals surface area contributed by atoms with Crippen molar-refractivity contribution in [1.82, 2.24) is 32.0 Å². The lowest BCUT2D eigenvalue weighted by Crippen LogP contribution is -2.00. The first-order chi connectivity index (χ1) is 70.5. The van der Waals surface area contributed by atoms with Crippen LogP contribution in [0, 0.1) is 0 Å². The second-order valence-corrected chi connectivity index (χ2v) is 40.4. The smallest absolute Gasteiger partial charge is 0.0640 e. The summed E-state index contributed by atoms with van der Waals surface area (Å²) in [5.41, 5.74) is 30.1. The van der Waals surface area contributed by atoms with Gasteiger partial charge in [0.05, 0.1) is 108 Å². The minimum absolute atomic E-state index is 1.13. The molecule has 0 aliphatic rings. The summed E-state index contributed by atoms with van der Waals surface area (Å²) >= 11 is 5.65. The fourth-order valence-electron chi connectivity index (χ4n) is 23.6. The van der Waals surface area contributed by atoms with Crippen LogP contribution in [-0.2, 0) is 0 Å². The van der Waals surface area contributed by atoms with Crippen molar-refractivity contribution in [2.45, 2.75) is 0 Å². The molecule has 0 N–H and O–H groups in total. The van der Waals surface area contributed by atoms with Crippen molar-refractivity contribution in [3.63, 3.8) is 0 Å². The third-order valence-electron chi connectivity index (χ3n) is 29.6. The molecular formula is C132H81N7S3. The molecule has 0 aliphatic carbocycles. The van der Waals surface area contributed by atoms with Crippen molar-refractivity contribution in [3.05, 3.63) is 491 Å². The van der Waals surface area contributed by atoms with Gasteiger partial charge in [-0.3, -0.25) is 0 Å². The molecule has 22 aromatic carbocycles. The average Bonchev–Trinajstić information content (AvgIpc) is 1.57. The molecule has 7 nitrogen and oxygen atoms in total. The number of para-hydroxylation sites is 11. The molecule has 0 unspecified atom stereocenters. The number of nitrogens with zero attached hydrogens (tertiary/aromatic N) is 7. The normalized spacial score (nSPS) is 12.1. The summed E-state index contributed by atoms with van der Waals surface area (Å²) in [5, 5.41) is 25.6. The van der Waals surface area contributed by atoms with E-state index in [0.717, 1.165) is 11.4 Å². The summed E-state index contributed by atoms with van der Waals surface area (Å²) < 4.78 is 25.0. The highest BCUT2D eigenvalue weighted by molar-refractivity contribution is 7.27. The van der Waals surface area contributed by atoms with Crippen LogP contribution in [0.2, 0.25) is 0 Å². The van der Waals surface area contributed by atoms with Crippen LogP contribution >= 0.6 is 34.0 Å². The molecule has 0 saturated heterocycles. The Hall–Kier alpha value is -17.9. The first-order valence-electron chi connectivity index (χ1n) is 48.5. The number of benzene rings is 22. The number of aromatic nitrogens is 7. The maximum absolute atomic E-state index is 2.48. The molecule has 142 heavy (non-hydrogen) atoms. The molecule has 662 valence electrons. The topological polar surface area (TPSA) is 34.5 Å². The van der Waals surface area contributed by atoms with E-state index in [1.165, 1.54) is 264 Å². The van der Waals surface area contributed by atoms with Gasteiger partial charge in [0.2, 0.25) is 0 Å². The van der Waals surface area contributed by atoms with E-state index >= 15 is 0 Å². The van der Waals surface area contributed by atoms with Crippen molar-refractivity contribution < 1.29 is 0 Å². The van der Waals surface area contributed by atoms with Gasteiger partial charge in [-0.25, -0.2) is 0 Å². The molecule has 32 aromatic rings. The van der Waals surface area contributed by atoms with E-state index in [1.807, 2.05) is 34.0 Å². The van der Waals surface area contributed by atoms with Gasteiger partial charge in [0, 0.05) is 145 Å². The molecule has 0 aliphatic heterocycles. The Bertz CT molecular complexity index is 10600. The SMILES string of the molecule is c1cc(-c2ccc3c(c2)c2ccccc2n3-c2cccc3c2sc2ccccc23)cc(-n2c3ccccc3c3ccccc32)c1.c1ccc2c(c1)sc1c(-n3c4ccccc4c4cc(-c5cc(-n6c7ccccc7c7ccccc76)cc(-n6c7ccccc7c7ccccc76)c5)ccc43)cccc12.c1ccc2c(c1)sc1c(-n3c4ccccc4c4cc(-n5c6ccccc6c6ccccc65)ccc43)cccc12. The van der Waals surface area contributed by atoms with Gasteiger partial charge in [0.15, 0.2) is 0 Å². The zero-order chi connectivity index (χ0) is 92.9. The summed E-state index contributed by atoms with van der Waals surface area (Å²) in [6.45, 7) is 0. The Kier molecular flexibility index (Phi) is 18.0. The molecule has 0 amide bonds. The van der Waals surface area contributed by atoms with Crippen LogP contribution in [-0.4, -0.2) is 32.0 Å². The molecule has 0 radical (unpaired) electrons. The van der Waals surface area contributed by atoms with Gasteiger partial charge in [-0.15, -0.1) is 34.0 Å². The van der Waals surface area contributed by atoms with E-state index in [1.54, 1.807) is 0 Å². The first kappa shape index (κ1) is 80.2. The van der Waals surface area contributed by atoms with Crippen LogP contribution in [0.15, 0.2) is 491 Å². The standard InChI is InChI=1S/C54H33N3S.C42H26N2S.C36H22N2S/c1-7-21-46-38(14-1)39-15-2-8-22-47(39)55(46)36-30-35(31-37(33-36)56-48-23-9-3-16-40(48)41-17-4-10-24-49(41)56)34-28-29-51-45(32-34)42-18-5-11-25-50(42)57(51)52-26-13-20-44-43-19-6-12-27-53(43)58-54(44)52;1-5-18-36-30(13-1)31-14-2-6-19-37(31)43(36)29-12-9-11-27(25-29)28-23-24-39-35(26-28)32-15-3-7-20-38(32)44(39)40-21-10-17-34-33-16-4-8-22-41(33)45-42(34)40;1-5-15-30-24(10-1)25-11-2-6-16-31(25)37(30)23-20-21-33-29(22-23)26-12-3-7-17-32(26)38(33)34-18-9-14-28-27-13-4-8-19-35(27)39-36(28)34/h1-33H;1-26H;1-22H. The predicted molar refractivity (Wildman–Crippen MR) is 609 cm³/mol. The number of thiophene rings is 3. The maximum atomic E-state index is 2.48. The van der Waals surface area contributed by atoms with Crippen LogP contribution in [0.4, 0.5) is 0 Å². The van der Waals surface area contributed by atoms with Crippen LogP contribution in [0.3, 0.4) is 0 Å². The molecule has 0 fully saturated rings. The molecule has 10 heterocycles. The number of hydrogen-bond donors (Lipinski definition) is 0. The average molecular weight is 1860 g/mol. The summed E-state index contributed by atoms with van der Waals surface area (Å²) in [6, 6.07) is 180. The fourth-order valence-corrected chi connectivity index (χ4v) is 27.2. The van der Waals surface area contributed by atoms with E-state index in [9.17, 15) is 0 Å². The highest BCUT2D eigenvalue weighted by Gasteiger charge is 2.26. The van der Waals surface area contributed by atoms with Crippen LogP contribution in [0.1, 0.15) is 0 Å². The van der Waals surface area contributed by atoms with E-state index in [0.29, 0.717) is 0 Å². The third kappa shape index (κ3) is 12.2. The van der Waals surface area contributed by atoms with Crippen LogP contribution in [0.5, 0.6) is 0 Å². The summed E-state index contributed by atoms with van der Waals surface area (Å²) in [4.78, 5) is 0. The van der Waals surface area contributed by atoms with Gasteiger partial charge in [-0.2, -0.15) is 0 Å². The lowest BCUT2D eigenvalue weighted by molar-refractivity contribution is 1.13. The Morgan fingerprint density at radius 2 is 0.324 bits per heavy atom. The summed E-state index contributed by atoms with van der Waals surface area (Å²) in [7, 11) is 0. The van der Waals surface area contributed by atoms with Gasteiger partial charge in [0.1, 0.15) is 0 Å². The number of fused-ring (bicyclic) bond motifs is 30. The highest BCUT2D eigenvalue weighted by Crippen LogP contribution is 2.49. The van der Waals surface area contributed by atoms with E-state index in [4.69, 9.17) is 0 Å². The van der Waals surface area contributed by atoms with Crippen LogP contribution in [0.25, 0.3) is 275 Å². The zero-order valence-electron chi connectivity index (χ0n) is 76.6. The minimum atomic E-state index is 1.13. The Morgan fingerprint density at radius 1 is 0.113 bits per heavy atom. The van der Waals surface area contributed by atoms with Gasteiger partial charge in [-0.05, 0) is 198 Å². The first-order valence-corrected chi connectivity index (χ1v) is 51.0. The molecule has 10 heteroatoms. The lowest BCUT2D eigenvalue weighted by Gasteiger charge is -2.16. The molecule has 32 rings (SSSR count). The van der Waals surface area contributed by atoms with Gasteiger partial charge in [0.25, 0.3) is 0 Å². The van der Waals surface area contributed by atoms with E-state index in [2.05, 4.69) is 523 Å². The molecule has 10 aromatic heterocycles. The highest BCUT2D eigenvalue weighted by atomic mass is 32.1. The second kappa shape index (κ2) is 31.8. The molecular weight excluding hydrogens is 1780 g/mol. The lowest BCUT2D eigenvalue weighted by atomic mass is 10.0. The van der Waals surface area contributed by atoms with E-state index < -0.39 is 0 Å². The molecule has 0 bridgehead atoms. The van der Waals surface area contributed by atoms with Crippen molar-refractivity contribution in [1.29, 1.82) is 0 Å². The Morgan fingerprint density at radius 3 is 0.641 bits per heavy atom. The molecule has 0 atom stereocenters. The van der Waals surface area contributed by atoms with Gasteiger partial charge in [-0.1, -0.05) is 315 Å². The second-order valence-electron chi connectivity index (χ2n) is 37.2. The van der Waals surface area contributed by atoms with Gasteiger partial charge >= 0.3 is 0 Å². The molecule has 0 saturated carbocycles. The predicted octanol–water partition coefficient (Wildman–Crippen LogP) is 37.2. The van der Waals surface area contributed by atoms with Crippen molar-refractivity contribution in [3.8, 4) is 62.1 Å². The summed E-state index contributed by atoms with van der Waals surface area (Å²) in [5.74, 6) is 0. The van der Waals surface area contributed by atoms with Crippen LogP contribution < -0.4 is 0 Å². The number of hydrogen-bond acceptors (Lipinski definition) is 3. The Balaban J connectivity index is 0.000000102. The van der Waals surface area contributed by atoms with Crippen molar-refractivity contribution in [2.75, 3.05) is 0 Å². The van der Waals surface area contributed by atoms with E-state index in [-0.39, 0.29) is 0 Å². The van der Waals surface area contributed by atoms with Gasteiger partial charge < -0.3 is 32.0 Å². The van der Waals surface area contributed by atoms with Crippen molar-refractivity contribution in [2.24, 2.45) is 0 Å². The summed E-state index contributed by atoms with van der Waals surface area (Å²) in [6.07, 6.45) is 0. The number of rotatable bonds is 9. The largest absolute Gasteiger partial charge is 0.309 e. The maximum Gasteiger partial charge on any atom is 0.0640 e. The Labute approximate surface area is 826 Å².